The van der Waals surface area contributed by atoms with Gasteiger partial charge in [-0.2, -0.15) is 0 Å². The van der Waals surface area contributed by atoms with Crippen LogP contribution in [0.5, 0.6) is 0 Å². The smallest absolute Gasteiger partial charge is 0.192 e. The molecule has 0 radical (unpaired) electrons. The zero-order valence-electron chi connectivity index (χ0n) is 13.7. The number of aliphatic imine (C=N–C) groups is 1. The second kappa shape index (κ2) is 7.32. The fourth-order valence-electron chi connectivity index (χ4n) is 3.31. The molecule has 1 aliphatic rings. The van der Waals surface area contributed by atoms with Crippen LogP contribution in [0.1, 0.15) is 42.9 Å². The minimum absolute atomic E-state index is 0.0544. The number of nitrogens with two attached hydrogens (primary N) is 1. The molecule has 3 rings (SSSR count). The molecule has 23 heavy (non-hydrogen) atoms. The maximum Gasteiger partial charge on any atom is 0.192 e. The first-order valence-electron chi connectivity index (χ1n) is 8.41. The highest BCUT2D eigenvalue weighted by Crippen LogP contribution is 2.27. The van der Waals surface area contributed by atoms with Crippen LogP contribution in [0.15, 0.2) is 65.7 Å². The van der Waals surface area contributed by atoms with Gasteiger partial charge in [0.2, 0.25) is 0 Å². The van der Waals surface area contributed by atoms with Crippen molar-refractivity contribution in [3.63, 3.8) is 0 Å². The van der Waals surface area contributed by atoms with Gasteiger partial charge in [-0.15, -0.1) is 0 Å². The SMILES string of the molecule is CN(C(N)=NC(c1ccccc1)c1ccccc1)C1CCCC1. The summed E-state index contributed by atoms with van der Waals surface area (Å²) < 4.78 is 0. The lowest BCUT2D eigenvalue weighted by molar-refractivity contribution is 0.366. The topological polar surface area (TPSA) is 41.6 Å². The van der Waals surface area contributed by atoms with E-state index in [1.807, 2.05) is 12.1 Å². The van der Waals surface area contributed by atoms with Crippen molar-refractivity contribution in [2.45, 2.75) is 37.8 Å². The van der Waals surface area contributed by atoms with Crippen LogP contribution in [0.3, 0.4) is 0 Å². The van der Waals surface area contributed by atoms with Gasteiger partial charge >= 0.3 is 0 Å². The number of nitrogens with zero attached hydrogens (tertiary/aromatic N) is 2. The summed E-state index contributed by atoms with van der Waals surface area (Å²) in [5, 5.41) is 0. The number of benzene rings is 2. The Labute approximate surface area is 138 Å². The third-order valence-electron chi connectivity index (χ3n) is 4.73. The monoisotopic (exact) mass is 307 g/mol. The predicted octanol–water partition coefficient (Wildman–Crippen LogP) is 3.97. The summed E-state index contributed by atoms with van der Waals surface area (Å²) in [5.41, 5.74) is 8.68. The lowest BCUT2D eigenvalue weighted by Gasteiger charge is -2.26. The van der Waals surface area contributed by atoms with Gasteiger partial charge in [0.05, 0.1) is 0 Å². The number of hydrogen-bond acceptors (Lipinski definition) is 1. The number of hydrogen-bond donors (Lipinski definition) is 1. The summed E-state index contributed by atoms with van der Waals surface area (Å²) in [4.78, 5) is 7.04. The molecule has 2 N–H and O–H groups in total. The predicted molar refractivity (Wildman–Crippen MR) is 96.4 cm³/mol. The van der Waals surface area contributed by atoms with E-state index in [-0.39, 0.29) is 6.04 Å². The maximum absolute atomic E-state index is 6.35. The quantitative estimate of drug-likeness (QED) is 0.686. The maximum atomic E-state index is 6.35. The van der Waals surface area contributed by atoms with Gasteiger partial charge in [0, 0.05) is 13.1 Å². The van der Waals surface area contributed by atoms with Gasteiger partial charge in [0.1, 0.15) is 6.04 Å². The fraction of sp³-hybridized carbons (Fsp3) is 0.350. The van der Waals surface area contributed by atoms with E-state index < -0.39 is 0 Å². The van der Waals surface area contributed by atoms with Crippen LogP contribution in [0.2, 0.25) is 0 Å². The van der Waals surface area contributed by atoms with Crippen molar-refractivity contribution in [3.8, 4) is 0 Å². The molecule has 0 unspecified atom stereocenters. The summed E-state index contributed by atoms with van der Waals surface area (Å²) in [6, 6.07) is 21.2. The van der Waals surface area contributed by atoms with E-state index in [4.69, 9.17) is 10.7 Å². The summed E-state index contributed by atoms with van der Waals surface area (Å²) in [6.45, 7) is 0. The number of guanidine groups is 1. The molecule has 1 aliphatic carbocycles. The van der Waals surface area contributed by atoms with E-state index >= 15 is 0 Å². The molecule has 0 aliphatic heterocycles. The normalized spacial score (nSPS) is 16.0. The molecule has 0 heterocycles. The van der Waals surface area contributed by atoms with Crippen LogP contribution in [-0.4, -0.2) is 23.9 Å². The first-order chi connectivity index (χ1) is 11.3. The highest BCUT2D eigenvalue weighted by molar-refractivity contribution is 5.78. The highest BCUT2D eigenvalue weighted by Gasteiger charge is 2.22. The van der Waals surface area contributed by atoms with E-state index in [1.165, 1.54) is 36.8 Å². The van der Waals surface area contributed by atoms with E-state index in [0.717, 1.165) is 0 Å². The Bertz CT molecular complexity index is 591. The third-order valence-corrected chi connectivity index (χ3v) is 4.73. The molecule has 0 atom stereocenters. The lowest BCUT2D eigenvalue weighted by atomic mass is 9.99. The van der Waals surface area contributed by atoms with Crippen molar-refractivity contribution >= 4 is 5.96 Å². The van der Waals surface area contributed by atoms with Crippen LogP contribution < -0.4 is 5.73 Å². The molecule has 3 heteroatoms. The van der Waals surface area contributed by atoms with Gasteiger partial charge in [-0.05, 0) is 24.0 Å². The van der Waals surface area contributed by atoms with Crippen molar-refractivity contribution in [2.75, 3.05) is 7.05 Å². The van der Waals surface area contributed by atoms with Crippen LogP contribution in [0.25, 0.3) is 0 Å². The average molecular weight is 307 g/mol. The first kappa shape index (κ1) is 15.6. The van der Waals surface area contributed by atoms with Gasteiger partial charge < -0.3 is 10.6 Å². The van der Waals surface area contributed by atoms with E-state index in [9.17, 15) is 0 Å². The second-order valence-electron chi connectivity index (χ2n) is 6.26. The lowest BCUT2D eigenvalue weighted by Crippen LogP contribution is -2.40. The second-order valence-corrected chi connectivity index (χ2v) is 6.26. The number of rotatable bonds is 4. The highest BCUT2D eigenvalue weighted by atomic mass is 15.3. The molecule has 1 saturated carbocycles. The zero-order chi connectivity index (χ0) is 16.1. The van der Waals surface area contributed by atoms with Crippen LogP contribution in [0.4, 0.5) is 0 Å². The Hall–Kier alpha value is -2.29. The molecule has 120 valence electrons. The molecule has 0 amide bonds. The Morgan fingerprint density at radius 3 is 1.91 bits per heavy atom. The minimum atomic E-state index is -0.0544. The first-order valence-corrected chi connectivity index (χ1v) is 8.41. The molecular formula is C20H25N3. The summed E-state index contributed by atoms with van der Waals surface area (Å²) >= 11 is 0. The molecule has 2 aromatic carbocycles. The minimum Gasteiger partial charge on any atom is -0.370 e. The van der Waals surface area contributed by atoms with Gasteiger partial charge in [-0.3, -0.25) is 0 Å². The van der Waals surface area contributed by atoms with Crippen molar-refractivity contribution in [1.29, 1.82) is 0 Å². The molecule has 2 aromatic rings. The standard InChI is InChI=1S/C20H25N3/c1-23(18-14-8-9-15-18)20(21)22-19(16-10-4-2-5-11-16)17-12-6-3-7-13-17/h2-7,10-13,18-19H,8-9,14-15H2,1H3,(H2,21,22). The molecule has 3 nitrogen and oxygen atoms in total. The van der Waals surface area contributed by atoms with Crippen molar-refractivity contribution in [3.05, 3.63) is 71.8 Å². The van der Waals surface area contributed by atoms with Crippen LogP contribution in [-0.2, 0) is 0 Å². The fourth-order valence-corrected chi connectivity index (χ4v) is 3.31. The van der Waals surface area contributed by atoms with Gasteiger partial charge in [0.15, 0.2) is 5.96 Å². The van der Waals surface area contributed by atoms with Gasteiger partial charge in [-0.25, -0.2) is 4.99 Å². The largest absolute Gasteiger partial charge is 0.370 e. The molecule has 0 aromatic heterocycles. The molecule has 1 fully saturated rings. The van der Waals surface area contributed by atoms with E-state index in [1.54, 1.807) is 0 Å². The third kappa shape index (κ3) is 3.73. The van der Waals surface area contributed by atoms with Crippen molar-refractivity contribution in [2.24, 2.45) is 10.7 Å². The Morgan fingerprint density at radius 1 is 0.957 bits per heavy atom. The average Bonchev–Trinajstić information content (AvgIpc) is 3.15. The molecule has 0 spiro atoms. The van der Waals surface area contributed by atoms with Gasteiger partial charge in [-0.1, -0.05) is 73.5 Å². The Kier molecular flexibility index (Phi) is 4.96. The zero-order valence-corrected chi connectivity index (χ0v) is 13.7. The molecular weight excluding hydrogens is 282 g/mol. The molecule has 0 saturated heterocycles. The Morgan fingerprint density at radius 2 is 1.43 bits per heavy atom. The summed E-state index contributed by atoms with van der Waals surface area (Å²) in [6.07, 6.45) is 5.02. The summed E-state index contributed by atoms with van der Waals surface area (Å²) in [7, 11) is 2.07. The summed E-state index contributed by atoms with van der Waals surface area (Å²) in [5.74, 6) is 0.634. The van der Waals surface area contributed by atoms with Crippen LogP contribution in [0, 0.1) is 0 Å². The Balaban J connectivity index is 1.90. The van der Waals surface area contributed by atoms with E-state index in [0.29, 0.717) is 12.0 Å². The van der Waals surface area contributed by atoms with Crippen molar-refractivity contribution < 1.29 is 0 Å². The van der Waals surface area contributed by atoms with E-state index in [2.05, 4.69) is 60.5 Å². The van der Waals surface area contributed by atoms with Crippen molar-refractivity contribution in [1.82, 2.24) is 4.90 Å². The van der Waals surface area contributed by atoms with Gasteiger partial charge in [0.25, 0.3) is 0 Å². The van der Waals surface area contributed by atoms with Crippen LogP contribution >= 0.6 is 0 Å². The molecule has 0 bridgehead atoms.